The molecule has 2 aromatic rings. The van der Waals surface area contributed by atoms with Crippen LogP contribution in [-0.4, -0.2) is 46.5 Å². The maximum Gasteiger partial charge on any atom is 0.245 e. The monoisotopic (exact) mass is 485 g/mol. The molecular formula is C27H36ClN3O3. The van der Waals surface area contributed by atoms with Crippen molar-refractivity contribution in [2.45, 2.75) is 69.1 Å². The minimum atomic E-state index is -1.08. The number of hydrogen-bond acceptors (Lipinski definition) is 4. The van der Waals surface area contributed by atoms with Crippen molar-refractivity contribution in [3.63, 3.8) is 0 Å². The molecule has 0 bridgehead atoms. The Bertz CT molecular complexity index is 1010. The molecule has 1 aliphatic carbocycles. The molecular weight excluding hydrogens is 450 g/mol. The normalized spacial score (nSPS) is 20.7. The van der Waals surface area contributed by atoms with Crippen molar-refractivity contribution in [3.8, 4) is 0 Å². The Morgan fingerprint density at radius 3 is 2.29 bits per heavy atom. The number of nitrogens with two attached hydrogens (primary N) is 1. The Morgan fingerprint density at radius 2 is 1.68 bits per heavy atom. The molecule has 2 amide bonds. The summed E-state index contributed by atoms with van der Waals surface area (Å²) in [7, 11) is 0. The van der Waals surface area contributed by atoms with Gasteiger partial charge in [-0.3, -0.25) is 9.59 Å². The molecule has 3 atom stereocenters. The Kier molecular flexibility index (Phi) is 7.75. The number of nitrogens with one attached hydrogen (secondary N) is 1. The van der Waals surface area contributed by atoms with Crippen LogP contribution in [0.1, 0.15) is 68.7 Å². The third-order valence-electron chi connectivity index (χ3n) is 7.47. The molecule has 0 aromatic heterocycles. The maximum atomic E-state index is 13.7. The molecule has 1 heterocycles. The van der Waals surface area contributed by atoms with Crippen molar-refractivity contribution in [3.05, 3.63) is 71.3 Å². The number of hydrogen-bond donors (Lipinski definition) is 3. The minimum Gasteiger partial charge on any atom is -0.388 e. The van der Waals surface area contributed by atoms with Crippen molar-refractivity contribution in [2.24, 2.45) is 5.73 Å². The summed E-state index contributed by atoms with van der Waals surface area (Å²) in [5.41, 5.74) is 8.09. The van der Waals surface area contributed by atoms with Gasteiger partial charge in [-0.15, -0.1) is 12.4 Å². The second-order valence-electron chi connectivity index (χ2n) is 10.3. The molecule has 0 saturated carbocycles. The van der Waals surface area contributed by atoms with Crippen LogP contribution in [0, 0.1) is 0 Å². The summed E-state index contributed by atoms with van der Waals surface area (Å²) >= 11 is 0. The van der Waals surface area contributed by atoms with E-state index in [9.17, 15) is 14.7 Å². The first-order valence-corrected chi connectivity index (χ1v) is 11.8. The van der Waals surface area contributed by atoms with E-state index in [1.165, 1.54) is 5.56 Å². The van der Waals surface area contributed by atoms with Gasteiger partial charge in [0, 0.05) is 24.4 Å². The zero-order valence-corrected chi connectivity index (χ0v) is 21.0. The van der Waals surface area contributed by atoms with E-state index in [1.807, 2.05) is 60.4 Å². The van der Waals surface area contributed by atoms with Gasteiger partial charge < -0.3 is 21.1 Å². The van der Waals surface area contributed by atoms with Gasteiger partial charge in [-0.2, -0.15) is 0 Å². The Balaban J connectivity index is 0.00000324. The smallest absolute Gasteiger partial charge is 0.245 e. The summed E-state index contributed by atoms with van der Waals surface area (Å²) in [5.74, 6) is -0.620. The molecule has 2 aromatic carbocycles. The molecule has 1 fully saturated rings. The van der Waals surface area contributed by atoms with Crippen LogP contribution < -0.4 is 11.1 Å². The third kappa shape index (κ3) is 4.99. The molecule has 1 unspecified atom stereocenters. The number of aliphatic hydroxyl groups is 1. The molecule has 34 heavy (non-hydrogen) atoms. The molecule has 4 rings (SSSR count). The van der Waals surface area contributed by atoms with Gasteiger partial charge in [-0.25, -0.2) is 0 Å². The predicted octanol–water partition coefficient (Wildman–Crippen LogP) is 3.43. The number of carbonyl (C=O) groups is 2. The summed E-state index contributed by atoms with van der Waals surface area (Å²) < 4.78 is 0. The highest BCUT2D eigenvalue weighted by Crippen LogP contribution is 2.50. The highest BCUT2D eigenvalue weighted by Gasteiger charge is 2.46. The molecule has 6 nitrogen and oxygen atoms in total. The van der Waals surface area contributed by atoms with Crippen molar-refractivity contribution in [1.29, 1.82) is 0 Å². The Morgan fingerprint density at radius 1 is 1.09 bits per heavy atom. The fourth-order valence-corrected chi connectivity index (χ4v) is 5.36. The van der Waals surface area contributed by atoms with Crippen LogP contribution >= 0.6 is 12.4 Å². The second kappa shape index (κ2) is 10.1. The standard InChI is InChI=1S/C27H35N3O3.ClH/c1-18(19-9-5-4-6-10-19)23(29-25(33)26(2,3)28)24(32)30-15-13-27(14-16-30)17-22(31)20-11-7-8-12-21(20)27;/h4-12,18,22-23,31H,13-17,28H2,1-3H3,(H,29,33);1H/t18-,22?,23+;/m1./s1. The zero-order chi connectivity index (χ0) is 23.8. The number of nitrogens with zero attached hydrogens (tertiary/aromatic N) is 1. The second-order valence-corrected chi connectivity index (χ2v) is 10.3. The van der Waals surface area contributed by atoms with Gasteiger partial charge in [0.05, 0.1) is 11.6 Å². The maximum absolute atomic E-state index is 13.7. The van der Waals surface area contributed by atoms with Gasteiger partial charge in [-0.1, -0.05) is 61.5 Å². The molecule has 1 aliphatic heterocycles. The quantitative estimate of drug-likeness (QED) is 0.604. The number of aliphatic hydroxyl groups excluding tert-OH is 1. The van der Waals surface area contributed by atoms with E-state index in [0.717, 1.165) is 24.0 Å². The number of likely N-dealkylation sites (tertiary alicyclic amines) is 1. The lowest BCUT2D eigenvalue weighted by molar-refractivity contribution is -0.139. The summed E-state index contributed by atoms with van der Waals surface area (Å²) in [6.45, 7) is 6.45. The van der Waals surface area contributed by atoms with Crippen molar-refractivity contribution in [1.82, 2.24) is 10.2 Å². The average molecular weight is 486 g/mol. The first-order chi connectivity index (χ1) is 15.6. The lowest BCUT2D eigenvalue weighted by Gasteiger charge is -2.42. The van der Waals surface area contributed by atoms with E-state index in [0.29, 0.717) is 19.5 Å². The van der Waals surface area contributed by atoms with Crippen LogP contribution in [0.4, 0.5) is 0 Å². The highest BCUT2D eigenvalue weighted by molar-refractivity contribution is 5.92. The van der Waals surface area contributed by atoms with Gasteiger partial charge in [0.15, 0.2) is 0 Å². The molecule has 0 radical (unpaired) electrons. The van der Waals surface area contributed by atoms with Crippen LogP contribution in [0.25, 0.3) is 0 Å². The topological polar surface area (TPSA) is 95.7 Å². The van der Waals surface area contributed by atoms with Crippen LogP contribution in [-0.2, 0) is 15.0 Å². The fraction of sp³-hybridized carbons (Fsp3) is 0.481. The van der Waals surface area contributed by atoms with Gasteiger partial charge in [-0.05, 0) is 49.8 Å². The first-order valence-electron chi connectivity index (χ1n) is 11.8. The van der Waals surface area contributed by atoms with E-state index in [4.69, 9.17) is 5.73 Å². The molecule has 1 saturated heterocycles. The SMILES string of the molecule is C[C@H](c1ccccc1)[C@H](NC(=O)C(C)(C)N)C(=O)N1CCC2(CC1)CC(O)c1ccccc12.Cl. The predicted molar refractivity (Wildman–Crippen MR) is 136 cm³/mol. The lowest BCUT2D eigenvalue weighted by atomic mass is 9.73. The van der Waals surface area contributed by atoms with Crippen LogP contribution in [0.15, 0.2) is 54.6 Å². The van der Waals surface area contributed by atoms with Crippen molar-refractivity contribution in [2.75, 3.05) is 13.1 Å². The molecule has 2 aliphatic rings. The van der Waals surface area contributed by atoms with Gasteiger partial charge in [0.2, 0.25) is 11.8 Å². The van der Waals surface area contributed by atoms with Gasteiger partial charge >= 0.3 is 0 Å². The number of carbonyl (C=O) groups excluding carboxylic acids is 2. The number of amides is 2. The van der Waals surface area contributed by atoms with Crippen molar-refractivity contribution < 1.29 is 14.7 Å². The first kappa shape index (κ1) is 26.2. The van der Waals surface area contributed by atoms with E-state index in [-0.39, 0.29) is 35.6 Å². The van der Waals surface area contributed by atoms with E-state index < -0.39 is 17.7 Å². The summed E-state index contributed by atoms with van der Waals surface area (Å²) in [6.07, 6.45) is 1.86. The number of fused-ring (bicyclic) bond motifs is 2. The Labute approximate surface area is 208 Å². The molecule has 1 spiro atoms. The molecule has 184 valence electrons. The number of piperidine rings is 1. The van der Waals surface area contributed by atoms with E-state index in [1.54, 1.807) is 13.8 Å². The van der Waals surface area contributed by atoms with Crippen molar-refractivity contribution >= 4 is 24.2 Å². The summed E-state index contributed by atoms with van der Waals surface area (Å²) in [4.78, 5) is 28.3. The molecule has 4 N–H and O–H groups in total. The third-order valence-corrected chi connectivity index (χ3v) is 7.47. The highest BCUT2D eigenvalue weighted by atomic mass is 35.5. The summed E-state index contributed by atoms with van der Waals surface area (Å²) in [6, 6.07) is 17.2. The Hall–Kier alpha value is -2.41. The lowest BCUT2D eigenvalue weighted by Crippen LogP contribution is -2.59. The molecule has 7 heteroatoms. The largest absolute Gasteiger partial charge is 0.388 e. The minimum absolute atomic E-state index is 0. The van der Waals surface area contributed by atoms with Crippen LogP contribution in [0.2, 0.25) is 0 Å². The van der Waals surface area contributed by atoms with E-state index in [2.05, 4.69) is 11.4 Å². The van der Waals surface area contributed by atoms with Gasteiger partial charge in [0.1, 0.15) is 6.04 Å². The number of benzene rings is 2. The zero-order valence-electron chi connectivity index (χ0n) is 20.2. The number of rotatable bonds is 5. The van der Waals surface area contributed by atoms with Gasteiger partial charge in [0.25, 0.3) is 0 Å². The van der Waals surface area contributed by atoms with Crippen LogP contribution in [0.3, 0.4) is 0 Å². The number of halogens is 1. The fourth-order valence-electron chi connectivity index (χ4n) is 5.36. The average Bonchev–Trinajstić information content (AvgIpc) is 3.08. The van der Waals surface area contributed by atoms with Crippen LogP contribution in [0.5, 0.6) is 0 Å². The van der Waals surface area contributed by atoms with E-state index >= 15 is 0 Å². The summed E-state index contributed by atoms with van der Waals surface area (Å²) in [5, 5.41) is 13.5.